The molecule has 0 aliphatic rings. The summed E-state index contributed by atoms with van der Waals surface area (Å²) < 4.78 is 16.2. The van der Waals surface area contributed by atoms with E-state index in [2.05, 4.69) is 13.0 Å². The first-order valence-corrected chi connectivity index (χ1v) is 7.79. The fraction of sp³-hybridized carbons (Fsp3) is 0.250. The summed E-state index contributed by atoms with van der Waals surface area (Å²) in [4.78, 5) is 0. The third-order valence-corrected chi connectivity index (χ3v) is 3.48. The van der Waals surface area contributed by atoms with E-state index in [1.165, 1.54) is 0 Å². The van der Waals surface area contributed by atoms with Crippen molar-refractivity contribution in [1.82, 2.24) is 0 Å². The van der Waals surface area contributed by atoms with Gasteiger partial charge in [0, 0.05) is 0 Å². The molecule has 0 radical (unpaired) electrons. The maximum absolute atomic E-state index is 9.46. The van der Waals surface area contributed by atoms with E-state index in [1.54, 1.807) is 14.2 Å². The van der Waals surface area contributed by atoms with Crippen LogP contribution in [0.5, 0.6) is 17.2 Å². The maximum Gasteiger partial charge on any atom is 0.161 e. The number of nitriles is 1. The quantitative estimate of drug-likeness (QED) is 0.554. The van der Waals surface area contributed by atoms with Gasteiger partial charge in [0.05, 0.1) is 32.5 Å². The van der Waals surface area contributed by atoms with Gasteiger partial charge >= 0.3 is 0 Å². The maximum atomic E-state index is 9.46. The van der Waals surface area contributed by atoms with Crippen molar-refractivity contribution in [3.63, 3.8) is 0 Å². The summed E-state index contributed by atoms with van der Waals surface area (Å²) in [5, 5.41) is 9.46. The Morgan fingerprint density at radius 3 is 2.38 bits per heavy atom. The highest BCUT2D eigenvalue weighted by Crippen LogP contribution is 2.30. The summed E-state index contributed by atoms with van der Waals surface area (Å²) >= 11 is 0. The van der Waals surface area contributed by atoms with Crippen LogP contribution in [-0.2, 0) is 0 Å². The molecular formula is C20H21NO3. The molecule has 0 aromatic heterocycles. The molecule has 124 valence electrons. The summed E-state index contributed by atoms with van der Waals surface area (Å²) in [7, 11) is 3.22. The molecule has 0 bridgehead atoms. The van der Waals surface area contributed by atoms with Gasteiger partial charge < -0.3 is 14.2 Å². The fourth-order valence-corrected chi connectivity index (χ4v) is 2.22. The Kier molecular flexibility index (Phi) is 6.27. The Morgan fingerprint density at radius 1 is 1.04 bits per heavy atom. The van der Waals surface area contributed by atoms with Crippen molar-refractivity contribution in [1.29, 1.82) is 5.26 Å². The minimum atomic E-state index is 0.571. The van der Waals surface area contributed by atoms with Crippen LogP contribution in [0.3, 0.4) is 0 Å². The first-order chi connectivity index (χ1) is 11.7. The van der Waals surface area contributed by atoms with Crippen LogP contribution >= 0.6 is 0 Å². The zero-order valence-electron chi connectivity index (χ0n) is 14.2. The number of methoxy groups -OCH3 is 2. The molecule has 0 amide bonds. The summed E-state index contributed by atoms with van der Waals surface area (Å²) in [6.07, 6.45) is 2.76. The summed E-state index contributed by atoms with van der Waals surface area (Å²) in [5.74, 6) is 2.12. The van der Waals surface area contributed by atoms with Crippen molar-refractivity contribution in [3.8, 4) is 23.3 Å². The fourth-order valence-electron chi connectivity index (χ4n) is 2.22. The van der Waals surface area contributed by atoms with Crippen LogP contribution in [-0.4, -0.2) is 20.8 Å². The molecule has 0 heterocycles. The number of hydrogen-bond donors (Lipinski definition) is 0. The molecule has 0 N–H and O–H groups in total. The third-order valence-electron chi connectivity index (χ3n) is 3.48. The van der Waals surface area contributed by atoms with Gasteiger partial charge in [0.1, 0.15) is 5.75 Å². The van der Waals surface area contributed by atoms with Crippen molar-refractivity contribution in [2.24, 2.45) is 0 Å². The van der Waals surface area contributed by atoms with Crippen molar-refractivity contribution < 1.29 is 14.2 Å². The summed E-state index contributed by atoms with van der Waals surface area (Å²) in [5.41, 5.74) is 2.29. The second kappa shape index (κ2) is 8.64. The number of benzene rings is 2. The zero-order valence-corrected chi connectivity index (χ0v) is 14.2. The predicted octanol–water partition coefficient (Wildman–Crippen LogP) is 4.56. The minimum Gasteiger partial charge on any atom is -0.497 e. The monoisotopic (exact) mass is 323 g/mol. The topological polar surface area (TPSA) is 51.5 Å². The van der Waals surface area contributed by atoms with E-state index in [1.807, 2.05) is 48.5 Å². The number of ether oxygens (including phenoxy) is 3. The number of rotatable bonds is 7. The molecule has 0 atom stereocenters. The number of nitrogens with zero attached hydrogens (tertiary/aromatic N) is 1. The van der Waals surface area contributed by atoms with Gasteiger partial charge in [-0.1, -0.05) is 13.0 Å². The Morgan fingerprint density at radius 2 is 1.79 bits per heavy atom. The molecule has 0 aliphatic carbocycles. The highest BCUT2D eigenvalue weighted by molar-refractivity contribution is 5.89. The number of allylic oxidation sites excluding steroid dienone is 1. The van der Waals surface area contributed by atoms with Crippen molar-refractivity contribution in [2.45, 2.75) is 13.3 Å². The molecule has 0 spiro atoms. The molecule has 2 rings (SSSR count). The first-order valence-electron chi connectivity index (χ1n) is 7.79. The lowest BCUT2D eigenvalue weighted by Gasteiger charge is -2.10. The van der Waals surface area contributed by atoms with Crippen molar-refractivity contribution >= 4 is 11.6 Å². The SMILES string of the molecule is CCCOc1ccc(/C=C(\C#N)c2ccc(OC)cc2)cc1OC. The molecule has 2 aromatic rings. The van der Waals surface area contributed by atoms with E-state index < -0.39 is 0 Å². The second-order valence-electron chi connectivity index (χ2n) is 5.16. The van der Waals surface area contributed by atoms with Crippen LogP contribution in [0, 0.1) is 11.3 Å². The van der Waals surface area contributed by atoms with Gasteiger partial charge in [-0.25, -0.2) is 0 Å². The van der Waals surface area contributed by atoms with E-state index >= 15 is 0 Å². The molecule has 4 nitrogen and oxygen atoms in total. The zero-order chi connectivity index (χ0) is 17.4. The highest BCUT2D eigenvalue weighted by atomic mass is 16.5. The van der Waals surface area contributed by atoms with E-state index in [-0.39, 0.29) is 0 Å². The van der Waals surface area contributed by atoms with Gasteiger partial charge in [-0.3, -0.25) is 0 Å². The van der Waals surface area contributed by atoms with Gasteiger partial charge in [0.15, 0.2) is 11.5 Å². The highest BCUT2D eigenvalue weighted by Gasteiger charge is 2.07. The van der Waals surface area contributed by atoms with E-state index in [9.17, 15) is 5.26 Å². The molecule has 0 aliphatic heterocycles. The summed E-state index contributed by atoms with van der Waals surface area (Å²) in [6.45, 7) is 2.69. The number of hydrogen-bond acceptors (Lipinski definition) is 4. The Bertz CT molecular complexity index is 742. The molecule has 4 heteroatoms. The van der Waals surface area contributed by atoms with Crippen LogP contribution in [0.2, 0.25) is 0 Å². The molecule has 0 saturated heterocycles. The molecule has 0 fully saturated rings. The third kappa shape index (κ3) is 4.30. The van der Waals surface area contributed by atoms with Gasteiger partial charge in [0.25, 0.3) is 0 Å². The van der Waals surface area contributed by atoms with Crippen molar-refractivity contribution in [2.75, 3.05) is 20.8 Å². The average molecular weight is 323 g/mol. The smallest absolute Gasteiger partial charge is 0.161 e. The van der Waals surface area contributed by atoms with Gasteiger partial charge in [-0.15, -0.1) is 0 Å². The van der Waals surface area contributed by atoms with Crippen LogP contribution in [0.15, 0.2) is 42.5 Å². The molecule has 2 aromatic carbocycles. The average Bonchev–Trinajstić information content (AvgIpc) is 2.64. The molecule has 0 saturated carbocycles. The largest absolute Gasteiger partial charge is 0.497 e. The molecular weight excluding hydrogens is 302 g/mol. The lowest BCUT2D eigenvalue weighted by Crippen LogP contribution is -1.97. The van der Waals surface area contributed by atoms with Crippen LogP contribution in [0.1, 0.15) is 24.5 Å². The van der Waals surface area contributed by atoms with E-state index in [0.717, 1.165) is 23.3 Å². The van der Waals surface area contributed by atoms with Crippen LogP contribution < -0.4 is 14.2 Å². The molecule has 24 heavy (non-hydrogen) atoms. The predicted molar refractivity (Wildman–Crippen MR) is 95.3 cm³/mol. The lowest BCUT2D eigenvalue weighted by molar-refractivity contribution is 0.294. The van der Waals surface area contributed by atoms with Crippen molar-refractivity contribution in [3.05, 3.63) is 53.6 Å². The van der Waals surface area contributed by atoms with Gasteiger partial charge in [-0.05, 0) is 60.0 Å². The Balaban J connectivity index is 2.31. The molecule has 0 unspecified atom stereocenters. The second-order valence-corrected chi connectivity index (χ2v) is 5.16. The first kappa shape index (κ1) is 17.4. The minimum absolute atomic E-state index is 0.571. The lowest BCUT2D eigenvalue weighted by atomic mass is 10.0. The van der Waals surface area contributed by atoms with Gasteiger partial charge in [-0.2, -0.15) is 5.26 Å². The normalized spacial score (nSPS) is 10.8. The van der Waals surface area contributed by atoms with Gasteiger partial charge in [0.2, 0.25) is 0 Å². The Labute approximate surface area is 142 Å². The Hall–Kier alpha value is -2.93. The van der Waals surface area contributed by atoms with E-state index in [0.29, 0.717) is 23.7 Å². The van der Waals surface area contributed by atoms with Crippen LogP contribution in [0.25, 0.3) is 11.6 Å². The summed E-state index contributed by atoms with van der Waals surface area (Å²) in [6, 6.07) is 15.3. The van der Waals surface area contributed by atoms with Crippen LogP contribution in [0.4, 0.5) is 0 Å². The van der Waals surface area contributed by atoms with E-state index in [4.69, 9.17) is 14.2 Å². The standard InChI is InChI=1S/C20H21NO3/c1-4-11-24-19-10-5-15(13-20(19)23-3)12-17(14-21)16-6-8-18(22-2)9-7-16/h5-10,12-13H,4,11H2,1-3H3/b17-12+.